The number of hydrogen-bond acceptors (Lipinski definition) is 5. The number of carbonyl (C=O) groups is 2. The topological polar surface area (TPSA) is 90.6 Å². The number of piperazine rings is 1. The SMILES string of the molecule is C=CC(=O)N1CCN2C(=O)c3c(Nc4ccccc4C(C)C)cc(-c4c(C)ccc5[nH]ncc45)c(Cl)c3OCC2C1. The smallest absolute Gasteiger partial charge is 0.260 e. The Morgan fingerprint density at radius 3 is 2.78 bits per heavy atom. The molecule has 0 saturated carbocycles. The molecular weight excluding hydrogens is 538 g/mol. The Balaban J connectivity index is 1.54. The van der Waals surface area contributed by atoms with Crippen molar-refractivity contribution < 1.29 is 14.3 Å². The molecule has 6 rings (SSSR count). The Labute approximate surface area is 243 Å². The molecule has 1 saturated heterocycles. The minimum absolute atomic E-state index is 0.157. The predicted octanol–water partition coefficient (Wildman–Crippen LogP) is 6.29. The molecule has 1 atom stereocenters. The molecule has 0 bridgehead atoms. The van der Waals surface area contributed by atoms with Gasteiger partial charge in [0.2, 0.25) is 5.91 Å². The van der Waals surface area contributed by atoms with Crippen LogP contribution in [0.1, 0.15) is 41.3 Å². The number of amides is 2. The summed E-state index contributed by atoms with van der Waals surface area (Å²) in [5.74, 6) is 0.271. The van der Waals surface area contributed by atoms with Crippen LogP contribution in [0.3, 0.4) is 0 Å². The number of rotatable bonds is 5. The van der Waals surface area contributed by atoms with Gasteiger partial charge in [0.25, 0.3) is 5.91 Å². The number of benzene rings is 3. The van der Waals surface area contributed by atoms with Crippen LogP contribution in [-0.4, -0.2) is 64.1 Å². The molecule has 9 heteroatoms. The molecule has 2 aliphatic rings. The van der Waals surface area contributed by atoms with Gasteiger partial charge in [-0.2, -0.15) is 5.10 Å². The molecule has 0 spiro atoms. The Morgan fingerprint density at radius 2 is 2.00 bits per heavy atom. The number of nitrogens with zero attached hydrogens (tertiary/aromatic N) is 3. The van der Waals surface area contributed by atoms with E-state index < -0.39 is 0 Å². The maximum absolute atomic E-state index is 14.3. The second kappa shape index (κ2) is 10.6. The number of hydrogen-bond donors (Lipinski definition) is 2. The number of halogens is 1. The number of aryl methyl sites for hydroxylation is 1. The van der Waals surface area contributed by atoms with Crippen LogP contribution in [-0.2, 0) is 4.79 Å². The minimum atomic E-state index is -0.318. The Bertz CT molecular complexity index is 1690. The van der Waals surface area contributed by atoms with Gasteiger partial charge >= 0.3 is 0 Å². The number of carbonyl (C=O) groups excluding carboxylic acids is 2. The average molecular weight is 570 g/mol. The lowest BCUT2D eigenvalue weighted by Gasteiger charge is -2.39. The lowest BCUT2D eigenvalue weighted by atomic mass is 9.93. The lowest BCUT2D eigenvalue weighted by molar-refractivity contribution is -0.128. The van der Waals surface area contributed by atoms with Crippen LogP contribution in [0.25, 0.3) is 22.0 Å². The summed E-state index contributed by atoms with van der Waals surface area (Å²) in [4.78, 5) is 30.2. The van der Waals surface area contributed by atoms with Crippen LogP contribution < -0.4 is 10.1 Å². The van der Waals surface area contributed by atoms with E-state index in [1.807, 2.05) is 43.3 Å². The first kappa shape index (κ1) is 26.9. The van der Waals surface area contributed by atoms with Gasteiger partial charge in [0.15, 0.2) is 5.75 Å². The van der Waals surface area contributed by atoms with Crippen molar-refractivity contribution in [3.8, 4) is 16.9 Å². The first-order valence-corrected chi connectivity index (χ1v) is 14.2. The highest BCUT2D eigenvalue weighted by atomic mass is 35.5. The van der Waals surface area contributed by atoms with Crippen molar-refractivity contribution in [2.75, 3.05) is 31.6 Å². The number of para-hydroxylation sites is 1. The molecule has 3 heterocycles. The molecule has 2 aliphatic heterocycles. The van der Waals surface area contributed by atoms with Gasteiger partial charge in [0.1, 0.15) is 12.2 Å². The summed E-state index contributed by atoms with van der Waals surface area (Å²) < 4.78 is 6.41. The summed E-state index contributed by atoms with van der Waals surface area (Å²) in [6.07, 6.45) is 3.10. The van der Waals surface area contributed by atoms with E-state index in [1.165, 1.54) is 6.08 Å². The zero-order valence-corrected chi connectivity index (χ0v) is 24.1. The average Bonchev–Trinajstić information content (AvgIpc) is 3.39. The first-order valence-electron chi connectivity index (χ1n) is 13.8. The summed E-state index contributed by atoms with van der Waals surface area (Å²) in [6, 6.07) is 13.7. The van der Waals surface area contributed by atoms with Crippen molar-refractivity contribution in [2.45, 2.75) is 32.7 Å². The van der Waals surface area contributed by atoms with Gasteiger partial charge in [-0.3, -0.25) is 14.7 Å². The summed E-state index contributed by atoms with van der Waals surface area (Å²) in [5, 5.41) is 12.2. The van der Waals surface area contributed by atoms with E-state index in [1.54, 1.807) is 16.0 Å². The van der Waals surface area contributed by atoms with E-state index in [0.717, 1.165) is 38.8 Å². The fourth-order valence-corrected chi connectivity index (χ4v) is 6.22. The van der Waals surface area contributed by atoms with Crippen LogP contribution in [0.5, 0.6) is 5.75 Å². The highest BCUT2D eigenvalue weighted by Crippen LogP contribution is 2.47. The van der Waals surface area contributed by atoms with Crippen LogP contribution in [0.4, 0.5) is 11.4 Å². The van der Waals surface area contributed by atoms with E-state index in [2.05, 4.69) is 42.0 Å². The van der Waals surface area contributed by atoms with Crippen molar-refractivity contribution in [3.63, 3.8) is 0 Å². The van der Waals surface area contributed by atoms with Gasteiger partial charge in [0.05, 0.1) is 28.5 Å². The number of aromatic nitrogens is 2. The quantitative estimate of drug-likeness (QED) is 0.276. The lowest BCUT2D eigenvalue weighted by Crippen LogP contribution is -2.57. The van der Waals surface area contributed by atoms with Gasteiger partial charge < -0.3 is 19.9 Å². The summed E-state index contributed by atoms with van der Waals surface area (Å²) in [5.41, 5.74) is 6.61. The van der Waals surface area contributed by atoms with Crippen LogP contribution in [0.15, 0.2) is 61.3 Å². The highest BCUT2D eigenvalue weighted by Gasteiger charge is 2.39. The molecule has 2 amide bonds. The number of aromatic amines is 1. The van der Waals surface area contributed by atoms with Crippen LogP contribution in [0, 0.1) is 6.92 Å². The molecule has 1 aromatic heterocycles. The zero-order valence-electron chi connectivity index (χ0n) is 23.3. The molecule has 3 aromatic carbocycles. The Hall–Kier alpha value is -4.30. The van der Waals surface area contributed by atoms with Gasteiger partial charge in [-0.1, -0.05) is 56.3 Å². The molecule has 1 unspecified atom stereocenters. The third kappa shape index (κ3) is 4.62. The van der Waals surface area contributed by atoms with Gasteiger partial charge in [0, 0.05) is 36.3 Å². The van der Waals surface area contributed by atoms with E-state index >= 15 is 0 Å². The largest absolute Gasteiger partial charge is 0.489 e. The third-order valence-electron chi connectivity index (χ3n) is 8.04. The second-order valence-corrected chi connectivity index (χ2v) is 11.3. The maximum Gasteiger partial charge on any atom is 0.260 e. The van der Waals surface area contributed by atoms with Crippen molar-refractivity contribution in [1.82, 2.24) is 20.0 Å². The molecule has 41 heavy (non-hydrogen) atoms. The second-order valence-electron chi connectivity index (χ2n) is 10.9. The highest BCUT2D eigenvalue weighted by molar-refractivity contribution is 6.36. The van der Waals surface area contributed by atoms with Crippen LogP contribution in [0.2, 0.25) is 5.02 Å². The molecule has 2 N–H and O–H groups in total. The number of anilines is 2. The molecule has 1 fully saturated rings. The summed E-state index contributed by atoms with van der Waals surface area (Å²) >= 11 is 7.16. The number of nitrogens with one attached hydrogen (secondary N) is 2. The number of fused-ring (bicyclic) bond motifs is 3. The Kier molecular flexibility index (Phi) is 6.95. The Morgan fingerprint density at radius 1 is 1.20 bits per heavy atom. The predicted molar refractivity (Wildman–Crippen MR) is 162 cm³/mol. The normalized spacial score (nSPS) is 16.7. The fraction of sp³-hybridized carbons (Fsp3) is 0.281. The van der Waals surface area contributed by atoms with Crippen molar-refractivity contribution in [2.24, 2.45) is 0 Å². The summed E-state index contributed by atoms with van der Waals surface area (Å²) in [6.45, 7) is 11.3. The molecule has 210 valence electrons. The van der Waals surface area contributed by atoms with Gasteiger partial charge in [-0.05, 0) is 53.8 Å². The van der Waals surface area contributed by atoms with E-state index in [-0.39, 0.29) is 30.4 Å². The standard InChI is InChI=1S/C32H32ClN5O3/c1-5-27(39)37-12-13-38-20(16-37)17-41-31-29(32(38)40)26(35-24-9-7-6-8-21(24)18(2)3)14-22(30(31)33)28-19(4)10-11-25-23(28)15-34-36-25/h5-11,14-15,18,20,35H,1,12-13,16-17H2,2-4H3,(H,34,36). The van der Waals surface area contributed by atoms with Crippen molar-refractivity contribution in [3.05, 3.63) is 83.0 Å². The van der Waals surface area contributed by atoms with Gasteiger partial charge in [-0.25, -0.2) is 0 Å². The van der Waals surface area contributed by atoms with E-state index in [0.29, 0.717) is 41.7 Å². The molecule has 8 nitrogen and oxygen atoms in total. The molecule has 4 aromatic rings. The summed E-state index contributed by atoms with van der Waals surface area (Å²) in [7, 11) is 0. The monoisotopic (exact) mass is 569 g/mol. The third-order valence-corrected chi connectivity index (χ3v) is 8.41. The molecule has 0 radical (unpaired) electrons. The molecular formula is C32H32ClN5O3. The molecule has 0 aliphatic carbocycles. The van der Waals surface area contributed by atoms with Gasteiger partial charge in [-0.15, -0.1) is 0 Å². The fourth-order valence-electron chi connectivity index (χ4n) is 5.92. The van der Waals surface area contributed by atoms with E-state index in [9.17, 15) is 9.59 Å². The minimum Gasteiger partial charge on any atom is -0.489 e. The zero-order chi connectivity index (χ0) is 28.8. The van der Waals surface area contributed by atoms with Crippen molar-refractivity contribution in [1.29, 1.82) is 0 Å². The van der Waals surface area contributed by atoms with Crippen molar-refractivity contribution >= 4 is 45.7 Å². The maximum atomic E-state index is 14.3. The first-order chi connectivity index (χ1) is 19.8. The van der Waals surface area contributed by atoms with Crippen LogP contribution >= 0.6 is 11.6 Å². The number of ether oxygens (including phenoxy) is 1. The number of H-pyrrole nitrogens is 1. The van der Waals surface area contributed by atoms with E-state index in [4.69, 9.17) is 16.3 Å².